The van der Waals surface area contributed by atoms with Crippen molar-refractivity contribution in [1.82, 2.24) is 0 Å². The number of halogens is 2. The van der Waals surface area contributed by atoms with Crippen LogP contribution < -0.4 is 0 Å². The van der Waals surface area contributed by atoms with E-state index >= 15 is 0 Å². The molecule has 0 bridgehead atoms. The SMILES string of the molecule is CCCCCCCCCC(CCCCCCC)C1C2=CC(Br)=CCC2c2cc3c(cc21)-c1ccc(Br)cc1C3(CCCCCCCC)CCCCCCCC. The molecule has 0 amide bonds. The van der Waals surface area contributed by atoms with Crippen molar-refractivity contribution in [3.63, 3.8) is 0 Å². The second-order valence-corrected chi connectivity index (χ2v) is 20.0. The van der Waals surface area contributed by atoms with Gasteiger partial charge in [-0.3, -0.25) is 0 Å². The molecular formula is C53H80Br2. The summed E-state index contributed by atoms with van der Waals surface area (Å²) in [5.74, 6) is 1.84. The summed E-state index contributed by atoms with van der Waals surface area (Å²) in [5.41, 5.74) is 11.7. The Balaban J connectivity index is 1.52. The molecule has 0 saturated heterocycles. The molecule has 2 aromatic rings. The quantitative estimate of drug-likeness (QED) is 0.0715. The lowest BCUT2D eigenvalue weighted by molar-refractivity contribution is 0.365. The van der Waals surface area contributed by atoms with Gasteiger partial charge in [-0.15, -0.1) is 0 Å². The highest BCUT2D eigenvalue weighted by Crippen LogP contribution is 2.61. The van der Waals surface area contributed by atoms with Gasteiger partial charge in [0.25, 0.3) is 0 Å². The summed E-state index contributed by atoms with van der Waals surface area (Å²) >= 11 is 7.99. The molecule has 0 aliphatic heterocycles. The molecule has 3 aliphatic carbocycles. The van der Waals surface area contributed by atoms with E-state index in [9.17, 15) is 0 Å². The fourth-order valence-corrected chi connectivity index (χ4v) is 11.9. The van der Waals surface area contributed by atoms with Gasteiger partial charge in [0.05, 0.1) is 0 Å². The first-order valence-corrected chi connectivity index (χ1v) is 25.6. The van der Waals surface area contributed by atoms with E-state index in [2.05, 4.69) is 102 Å². The third-order valence-electron chi connectivity index (χ3n) is 14.1. The molecule has 5 rings (SSSR count). The fourth-order valence-electron chi connectivity index (χ4n) is 11.0. The highest BCUT2D eigenvalue weighted by atomic mass is 79.9. The van der Waals surface area contributed by atoms with Crippen LogP contribution in [0.5, 0.6) is 0 Å². The Kier molecular flexibility index (Phi) is 19.7. The summed E-state index contributed by atoms with van der Waals surface area (Å²) < 4.78 is 2.57. The second-order valence-electron chi connectivity index (χ2n) is 18.2. The Bertz CT molecular complexity index is 1480. The molecule has 0 spiro atoms. The van der Waals surface area contributed by atoms with Crippen molar-refractivity contribution in [3.8, 4) is 11.1 Å². The molecule has 0 fully saturated rings. The highest BCUT2D eigenvalue weighted by molar-refractivity contribution is 9.12. The third kappa shape index (κ3) is 12.0. The molecule has 55 heavy (non-hydrogen) atoms. The maximum atomic E-state index is 4.00. The van der Waals surface area contributed by atoms with E-state index in [-0.39, 0.29) is 5.41 Å². The first-order chi connectivity index (χ1) is 27.0. The van der Waals surface area contributed by atoms with Gasteiger partial charge in [-0.1, -0.05) is 237 Å². The van der Waals surface area contributed by atoms with Crippen LogP contribution >= 0.6 is 31.9 Å². The van der Waals surface area contributed by atoms with E-state index in [4.69, 9.17) is 0 Å². The van der Waals surface area contributed by atoms with Gasteiger partial charge in [-0.2, -0.15) is 0 Å². The molecular weight excluding hydrogens is 796 g/mol. The second kappa shape index (κ2) is 24.1. The number of unbranched alkanes of at least 4 members (excludes halogenated alkanes) is 20. The smallest absolute Gasteiger partial charge is 0.0215 e. The molecule has 0 heterocycles. The van der Waals surface area contributed by atoms with Crippen molar-refractivity contribution in [1.29, 1.82) is 0 Å². The van der Waals surface area contributed by atoms with E-state index in [1.165, 1.54) is 189 Å². The Labute approximate surface area is 357 Å². The Morgan fingerprint density at radius 3 is 1.58 bits per heavy atom. The van der Waals surface area contributed by atoms with E-state index in [1.807, 2.05) is 0 Å². The van der Waals surface area contributed by atoms with Gasteiger partial charge in [-0.25, -0.2) is 0 Å². The van der Waals surface area contributed by atoms with Crippen molar-refractivity contribution in [2.75, 3.05) is 0 Å². The first-order valence-electron chi connectivity index (χ1n) is 24.0. The molecule has 3 atom stereocenters. The minimum atomic E-state index is 0.127. The third-order valence-corrected chi connectivity index (χ3v) is 15.1. The average Bonchev–Trinajstić information content (AvgIpc) is 3.63. The molecule has 0 radical (unpaired) electrons. The lowest BCUT2D eigenvalue weighted by Gasteiger charge is -2.33. The molecule has 0 saturated carbocycles. The molecule has 0 aromatic heterocycles. The van der Waals surface area contributed by atoms with Crippen molar-refractivity contribution in [2.24, 2.45) is 5.92 Å². The summed E-state index contributed by atoms with van der Waals surface area (Å²) in [5, 5.41) is 0. The van der Waals surface area contributed by atoms with Gasteiger partial charge >= 0.3 is 0 Å². The number of hydrogen-bond donors (Lipinski definition) is 0. The van der Waals surface area contributed by atoms with E-state index in [0.29, 0.717) is 11.8 Å². The molecule has 0 nitrogen and oxygen atoms in total. The highest BCUT2D eigenvalue weighted by Gasteiger charge is 2.47. The Hall–Kier alpha value is -1.12. The summed E-state index contributed by atoms with van der Waals surface area (Å²) in [7, 11) is 0. The van der Waals surface area contributed by atoms with Crippen LogP contribution in [-0.2, 0) is 5.41 Å². The van der Waals surface area contributed by atoms with Crippen LogP contribution in [0.25, 0.3) is 11.1 Å². The zero-order valence-corrected chi connectivity index (χ0v) is 39.2. The van der Waals surface area contributed by atoms with E-state index in [1.54, 1.807) is 39.0 Å². The van der Waals surface area contributed by atoms with E-state index in [0.717, 1.165) is 12.3 Å². The maximum absolute atomic E-state index is 4.00. The van der Waals surface area contributed by atoms with Crippen molar-refractivity contribution in [3.05, 3.63) is 79.3 Å². The summed E-state index contributed by atoms with van der Waals surface area (Å²) in [4.78, 5) is 0. The summed E-state index contributed by atoms with van der Waals surface area (Å²) in [6.45, 7) is 9.37. The van der Waals surface area contributed by atoms with Crippen LogP contribution in [0.3, 0.4) is 0 Å². The molecule has 2 aromatic carbocycles. The topological polar surface area (TPSA) is 0 Å². The molecule has 3 aliphatic rings. The van der Waals surface area contributed by atoms with E-state index < -0.39 is 0 Å². The number of benzene rings is 2. The number of rotatable bonds is 29. The van der Waals surface area contributed by atoms with Crippen molar-refractivity contribution >= 4 is 31.9 Å². The largest absolute Gasteiger partial charge is 0.0693 e. The first kappa shape index (κ1) is 45.0. The van der Waals surface area contributed by atoms with Crippen LogP contribution in [-0.4, -0.2) is 0 Å². The number of fused-ring (bicyclic) bond motifs is 6. The summed E-state index contributed by atoms with van der Waals surface area (Å²) in [6.07, 6.45) is 44.7. The van der Waals surface area contributed by atoms with Gasteiger partial charge in [-0.05, 0) is 95.7 Å². The zero-order chi connectivity index (χ0) is 38.9. The Morgan fingerprint density at radius 1 is 0.545 bits per heavy atom. The van der Waals surface area contributed by atoms with Gasteiger partial charge in [0.1, 0.15) is 0 Å². The molecule has 306 valence electrons. The fraction of sp³-hybridized carbons (Fsp3) is 0.698. The van der Waals surface area contributed by atoms with Crippen molar-refractivity contribution < 1.29 is 0 Å². The molecule has 2 heteroatoms. The minimum absolute atomic E-state index is 0.127. The van der Waals surface area contributed by atoms with Gasteiger partial charge < -0.3 is 0 Å². The standard InChI is InChI=1S/C53H80Br2/c1-5-9-13-17-20-22-26-30-41(29-25-21-16-12-8-4)52-48-37-42(54)31-33-44(48)46-40-51-47(39-49(46)52)45-34-32-43(55)38-50(45)53(51,35-27-23-18-14-10-6-2)36-28-24-19-15-11-7-3/h31-32,34,37-41,44,52H,5-30,33,35-36H2,1-4H3. The minimum Gasteiger partial charge on any atom is -0.0693 e. The van der Waals surface area contributed by atoms with Crippen molar-refractivity contribution in [2.45, 2.75) is 231 Å². The van der Waals surface area contributed by atoms with Crippen LogP contribution in [0.2, 0.25) is 0 Å². The normalized spacial score (nSPS) is 18.4. The van der Waals surface area contributed by atoms with Gasteiger partial charge in [0, 0.05) is 26.2 Å². The zero-order valence-electron chi connectivity index (χ0n) is 36.0. The maximum Gasteiger partial charge on any atom is 0.0215 e. The summed E-state index contributed by atoms with van der Waals surface area (Å²) in [6, 6.07) is 13.0. The van der Waals surface area contributed by atoms with Crippen LogP contribution in [0, 0.1) is 5.92 Å². The predicted molar refractivity (Wildman–Crippen MR) is 251 cm³/mol. The number of allylic oxidation sites excluding steroid dienone is 4. The van der Waals surface area contributed by atoms with Crippen LogP contribution in [0.15, 0.2) is 57.0 Å². The Morgan fingerprint density at radius 2 is 1.04 bits per heavy atom. The lowest BCUT2D eigenvalue weighted by Crippen LogP contribution is -2.26. The van der Waals surface area contributed by atoms with Gasteiger partial charge in [0.15, 0.2) is 0 Å². The predicted octanol–water partition coefficient (Wildman–Crippen LogP) is 19.1. The van der Waals surface area contributed by atoms with Gasteiger partial charge in [0.2, 0.25) is 0 Å². The lowest BCUT2D eigenvalue weighted by atomic mass is 9.70. The van der Waals surface area contributed by atoms with Crippen LogP contribution in [0.1, 0.15) is 248 Å². The monoisotopic (exact) mass is 874 g/mol. The molecule has 3 unspecified atom stereocenters. The average molecular weight is 877 g/mol. The molecule has 0 N–H and O–H groups in total. The van der Waals surface area contributed by atoms with Crippen LogP contribution in [0.4, 0.5) is 0 Å². The number of hydrogen-bond acceptors (Lipinski definition) is 0.